The van der Waals surface area contributed by atoms with E-state index in [2.05, 4.69) is 16.5 Å². The molecule has 3 rings (SSSR count). The zero-order valence-corrected chi connectivity index (χ0v) is 13.3. The highest BCUT2D eigenvalue weighted by atomic mass is 35.5. The third-order valence-corrected chi connectivity index (χ3v) is 4.50. The van der Waals surface area contributed by atoms with Crippen LogP contribution in [0.25, 0.3) is 11.0 Å². The molecule has 114 valence electrons. The maximum absolute atomic E-state index is 13.9. The summed E-state index contributed by atoms with van der Waals surface area (Å²) in [7, 11) is 1.48. The van der Waals surface area contributed by atoms with Gasteiger partial charge in [0.25, 0.3) is 0 Å². The lowest BCUT2D eigenvalue weighted by Crippen LogP contribution is -2.12. The molecule has 1 fully saturated rings. The van der Waals surface area contributed by atoms with E-state index in [1.807, 2.05) is 6.92 Å². The van der Waals surface area contributed by atoms with E-state index < -0.39 is 5.82 Å². The number of benzene rings is 1. The van der Waals surface area contributed by atoms with Gasteiger partial charge in [0, 0.05) is 18.7 Å². The fraction of sp³-hybridized carbons (Fsp3) is 0.562. The lowest BCUT2D eigenvalue weighted by Gasteiger charge is -2.16. The Bertz CT molecular complexity index is 664. The molecule has 0 spiro atoms. The van der Waals surface area contributed by atoms with Crippen LogP contribution in [0, 0.1) is 17.7 Å². The minimum Gasteiger partial charge on any atom is -0.494 e. The Morgan fingerprint density at radius 1 is 1.43 bits per heavy atom. The van der Waals surface area contributed by atoms with Crippen molar-refractivity contribution in [3.63, 3.8) is 0 Å². The minimum absolute atomic E-state index is 0.210. The Hall–Kier alpha value is -1.29. The quantitative estimate of drug-likeness (QED) is 0.759. The summed E-state index contributed by atoms with van der Waals surface area (Å²) in [5.41, 5.74) is 1.53. The number of fused-ring (bicyclic) bond motifs is 1. The van der Waals surface area contributed by atoms with Gasteiger partial charge in [-0.3, -0.25) is 0 Å². The van der Waals surface area contributed by atoms with Gasteiger partial charge in [-0.2, -0.15) is 0 Å². The van der Waals surface area contributed by atoms with E-state index in [4.69, 9.17) is 16.3 Å². The molecule has 2 atom stereocenters. The predicted octanol–water partition coefficient (Wildman–Crippen LogP) is 4.53. The molecule has 21 heavy (non-hydrogen) atoms. The van der Waals surface area contributed by atoms with Crippen molar-refractivity contribution in [2.45, 2.75) is 38.6 Å². The Morgan fingerprint density at radius 2 is 2.14 bits per heavy atom. The van der Waals surface area contributed by atoms with Gasteiger partial charge < -0.3 is 9.30 Å². The molecule has 2 unspecified atom stereocenters. The zero-order chi connectivity index (χ0) is 15.1. The molecule has 0 radical (unpaired) electrons. The van der Waals surface area contributed by atoms with Gasteiger partial charge in [0.05, 0.1) is 23.5 Å². The third kappa shape index (κ3) is 2.73. The van der Waals surface area contributed by atoms with Crippen LogP contribution in [0.2, 0.25) is 0 Å². The lowest BCUT2D eigenvalue weighted by molar-refractivity contribution is 0.386. The maximum atomic E-state index is 13.9. The molecule has 0 bridgehead atoms. The smallest absolute Gasteiger partial charge is 0.167 e. The second-order valence-corrected chi connectivity index (χ2v) is 6.64. The predicted molar refractivity (Wildman–Crippen MR) is 82.4 cm³/mol. The van der Waals surface area contributed by atoms with Crippen molar-refractivity contribution in [2.75, 3.05) is 7.11 Å². The largest absolute Gasteiger partial charge is 0.494 e. The average Bonchev–Trinajstić information content (AvgIpc) is 3.22. The van der Waals surface area contributed by atoms with E-state index in [0.717, 1.165) is 23.8 Å². The Labute approximate surface area is 129 Å². The molecule has 1 aromatic carbocycles. The van der Waals surface area contributed by atoms with Crippen molar-refractivity contribution in [3.05, 3.63) is 23.8 Å². The Morgan fingerprint density at radius 3 is 2.71 bits per heavy atom. The van der Waals surface area contributed by atoms with Crippen molar-refractivity contribution in [3.8, 4) is 5.75 Å². The molecule has 1 aromatic heterocycles. The first-order chi connectivity index (χ1) is 10.0. The summed E-state index contributed by atoms with van der Waals surface area (Å²) in [4.78, 5) is 4.52. The highest BCUT2D eigenvalue weighted by Gasteiger charge is 2.29. The summed E-state index contributed by atoms with van der Waals surface area (Å²) < 4.78 is 21.1. The molecule has 1 aliphatic rings. The summed E-state index contributed by atoms with van der Waals surface area (Å²) in [5, 5.41) is -0.210. The average molecular weight is 311 g/mol. The van der Waals surface area contributed by atoms with Crippen LogP contribution in [-0.4, -0.2) is 16.7 Å². The van der Waals surface area contributed by atoms with Crippen molar-refractivity contribution in [2.24, 2.45) is 11.8 Å². The summed E-state index contributed by atoms with van der Waals surface area (Å²) in [6.07, 6.45) is 2.61. The van der Waals surface area contributed by atoms with E-state index in [-0.39, 0.29) is 11.1 Å². The summed E-state index contributed by atoms with van der Waals surface area (Å²) in [6, 6.07) is 3.15. The molecule has 0 aliphatic heterocycles. The first-order valence-electron chi connectivity index (χ1n) is 7.39. The van der Waals surface area contributed by atoms with Crippen LogP contribution in [-0.2, 0) is 6.54 Å². The van der Waals surface area contributed by atoms with Crippen molar-refractivity contribution < 1.29 is 9.13 Å². The van der Waals surface area contributed by atoms with Crippen LogP contribution in [0.3, 0.4) is 0 Å². The van der Waals surface area contributed by atoms with Crippen molar-refractivity contribution in [1.29, 1.82) is 0 Å². The SMILES string of the molecule is COc1cc2c(cc1F)nc(C(C)Cl)n2CC(C)C1CC1. The highest BCUT2D eigenvalue weighted by Crippen LogP contribution is 2.39. The van der Waals surface area contributed by atoms with E-state index in [9.17, 15) is 4.39 Å². The Kier molecular flexibility index (Phi) is 3.82. The lowest BCUT2D eigenvalue weighted by atomic mass is 10.1. The number of rotatable bonds is 5. The second kappa shape index (κ2) is 5.48. The minimum atomic E-state index is -0.390. The molecule has 1 heterocycles. The third-order valence-electron chi connectivity index (χ3n) is 4.30. The fourth-order valence-corrected chi connectivity index (χ4v) is 3.07. The monoisotopic (exact) mass is 310 g/mol. The van der Waals surface area contributed by atoms with Gasteiger partial charge in [-0.25, -0.2) is 9.37 Å². The Balaban J connectivity index is 2.10. The van der Waals surface area contributed by atoms with Crippen LogP contribution in [0.15, 0.2) is 12.1 Å². The van der Waals surface area contributed by atoms with Crippen LogP contribution < -0.4 is 4.74 Å². The number of halogens is 2. The van der Waals surface area contributed by atoms with Crippen LogP contribution in [0.5, 0.6) is 5.75 Å². The topological polar surface area (TPSA) is 27.1 Å². The first kappa shape index (κ1) is 14.6. The van der Waals surface area contributed by atoms with E-state index in [1.54, 1.807) is 6.07 Å². The van der Waals surface area contributed by atoms with Gasteiger partial charge in [-0.1, -0.05) is 6.92 Å². The van der Waals surface area contributed by atoms with E-state index in [0.29, 0.717) is 11.4 Å². The molecule has 3 nitrogen and oxygen atoms in total. The van der Waals surface area contributed by atoms with Gasteiger partial charge in [-0.05, 0) is 31.6 Å². The van der Waals surface area contributed by atoms with Crippen LogP contribution >= 0.6 is 11.6 Å². The first-order valence-corrected chi connectivity index (χ1v) is 7.82. The normalized spacial score (nSPS) is 18.0. The summed E-state index contributed by atoms with van der Waals surface area (Å²) in [6.45, 7) is 5.02. The summed E-state index contributed by atoms with van der Waals surface area (Å²) >= 11 is 6.26. The van der Waals surface area contributed by atoms with Gasteiger partial charge >= 0.3 is 0 Å². The number of hydrogen-bond acceptors (Lipinski definition) is 2. The number of methoxy groups -OCH3 is 1. The number of imidazole rings is 1. The van der Waals surface area contributed by atoms with E-state index >= 15 is 0 Å². The van der Waals surface area contributed by atoms with Crippen LogP contribution in [0.4, 0.5) is 4.39 Å². The molecule has 1 saturated carbocycles. The molecule has 0 saturated heterocycles. The maximum Gasteiger partial charge on any atom is 0.167 e. The van der Waals surface area contributed by atoms with Gasteiger partial charge in [0.15, 0.2) is 11.6 Å². The standard InChI is InChI=1S/C16H20ClFN2O/c1-9(11-4-5-11)8-20-14-7-15(21-3)12(18)6-13(14)19-16(20)10(2)17/h6-7,9-11H,4-5,8H2,1-3H3. The zero-order valence-electron chi connectivity index (χ0n) is 12.6. The van der Waals surface area contributed by atoms with Crippen molar-refractivity contribution >= 4 is 22.6 Å². The molecular weight excluding hydrogens is 291 g/mol. The van der Waals surface area contributed by atoms with Gasteiger partial charge in [0.1, 0.15) is 5.82 Å². The number of alkyl halides is 1. The molecule has 0 amide bonds. The van der Waals surface area contributed by atoms with Crippen LogP contribution in [0.1, 0.15) is 37.9 Å². The highest BCUT2D eigenvalue weighted by molar-refractivity contribution is 6.20. The molecule has 0 N–H and O–H groups in total. The summed E-state index contributed by atoms with van der Waals surface area (Å²) in [5.74, 6) is 2.03. The van der Waals surface area contributed by atoms with E-state index in [1.165, 1.54) is 26.0 Å². The van der Waals surface area contributed by atoms with Crippen molar-refractivity contribution in [1.82, 2.24) is 9.55 Å². The second-order valence-electron chi connectivity index (χ2n) is 5.99. The van der Waals surface area contributed by atoms with Gasteiger partial charge in [-0.15, -0.1) is 11.6 Å². The molecule has 5 heteroatoms. The number of nitrogens with zero attached hydrogens (tertiary/aromatic N) is 2. The molecular formula is C16H20ClFN2O. The van der Waals surface area contributed by atoms with Gasteiger partial charge in [0.2, 0.25) is 0 Å². The molecule has 1 aliphatic carbocycles. The molecule has 2 aromatic rings. The number of aromatic nitrogens is 2. The number of hydrogen-bond donors (Lipinski definition) is 0. The number of ether oxygens (including phenoxy) is 1. The fourth-order valence-electron chi connectivity index (χ4n) is 2.90.